The molecule has 0 radical (unpaired) electrons. The molecule has 0 amide bonds. The lowest BCUT2D eigenvalue weighted by Crippen LogP contribution is -2.20. The Balaban J connectivity index is 3.90. The molecule has 0 saturated heterocycles. The Kier molecular flexibility index (Phi) is 4.36. The van der Waals surface area contributed by atoms with Crippen LogP contribution in [0, 0.1) is 0 Å². The van der Waals surface area contributed by atoms with Crippen LogP contribution in [0.3, 0.4) is 0 Å². The Labute approximate surface area is 73.5 Å². The SMILES string of the molecule is CC(=O)OC(=O)C(=O)CCC(=O)O. The Hall–Kier alpha value is -1.72. The van der Waals surface area contributed by atoms with Gasteiger partial charge in [0.15, 0.2) is 0 Å². The van der Waals surface area contributed by atoms with Crippen molar-refractivity contribution in [1.29, 1.82) is 0 Å². The van der Waals surface area contributed by atoms with Crippen molar-refractivity contribution < 1.29 is 29.0 Å². The first kappa shape index (κ1) is 11.3. The zero-order chi connectivity index (χ0) is 10.4. The van der Waals surface area contributed by atoms with Crippen LogP contribution in [-0.4, -0.2) is 28.8 Å². The summed E-state index contributed by atoms with van der Waals surface area (Å²) in [5.41, 5.74) is 0. The van der Waals surface area contributed by atoms with Crippen molar-refractivity contribution in [2.24, 2.45) is 0 Å². The van der Waals surface area contributed by atoms with E-state index >= 15 is 0 Å². The summed E-state index contributed by atoms with van der Waals surface area (Å²) in [4.78, 5) is 41.4. The lowest BCUT2D eigenvalue weighted by molar-refractivity contribution is -0.163. The predicted octanol–water partition coefficient (Wildman–Crippen LogP) is -0.490. The largest absolute Gasteiger partial charge is 0.481 e. The minimum absolute atomic E-state index is 0.453. The molecule has 0 spiro atoms. The molecule has 0 aromatic heterocycles. The maximum atomic E-state index is 10.7. The molecule has 6 nitrogen and oxygen atoms in total. The van der Waals surface area contributed by atoms with E-state index in [0.717, 1.165) is 6.92 Å². The first-order chi connectivity index (χ1) is 5.93. The zero-order valence-corrected chi connectivity index (χ0v) is 6.90. The van der Waals surface area contributed by atoms with E-state index in [1.54, 1.807) is 0 Å². The highest BCUT2D eigenvalue weighted by Crippen LogP contribution is 1.93. The molecular weight excluding hydrogens is 180 g/mol. The van der Waals surface area contributed by atoms with Crippen LogP contribution in [0.4, 0.5) is 0 Å². The number of Topliss-reactive ketones (excluding diaryl/α,β-unsaturated/α-hetero) is 1. The number of carboxylic acids is 1. The monoisotopic (exact) mass is 188 g/mol. The van der Waals surface area contributed by atoms with Gasteiger partial charge in [0.1, 0.15) is 0 Å². The molecule has 0 fully saturated rings. The van der Waals surface area contributed by atoms with Gasteiger partial charge in [-0.25, -0.2) is 4.79 Å². The average molecular weight is 188 g/mol. The molecule has 0 aliphatic carbocycles. The van der Waals surface area contributed by atoms with Gasteiger partial charge in [-0.05, 0) is 0 Å². The molecule has 72 valence electrons. The van der Waals surface area contributed by atoms with Crippen molar-refractivity contribution in [3.8, 4) is 0 Å². The van der Waals surface area contributed by atoms with Crippen molar-refractivity contribution in [3.05, 3.63) is 0 Å². The Bertz CT molecular complexity index is 254. The fraction of sp³-hybridized carbons (Fsp3) is 0.429. The van der Waals surface area contributed by atoms with Gasteiger partial charge in [-0.15, -0.1) is 0 Å². The van der Waals surface area contributed by atoms with E-state index in [9.17, 15) is 19.2 Å². The molecule has 0 heterocycles. The Morgan fingerprint density at radius 1 is 1.15 bits per heavy atom. The summed E-state index contributed by atoms with van der Waals surface area (Å²) < 4.78 is 3.92. The molecule has 0 aliphatic heterocycles. The maximum Gasteiger partial charge on any atom is 0.382 e. The van der Waals surface area contributed by atoms with Gasteiger partial charge >= 0.3 is 17.9 Å². The van der Waals surface area contributed by atoms with Crippen LogP contribution in [0.5, 0.6) is 0 Å². The predicted molar refractivity (Wildman–Crippen MR) is 38.6 cm³/mol. The van der Waals surface area contributed by atoms with Crippen LogP contribution >= 0.6 is 0 Å². The van der Waals surface area contributed by atoms with Gasteiger partial charge in [0, 0.05) is 13.3 Å². The number of rotatable bonds is 4. The number of ether oxygens (including phenoxy) is 1. The minimum atomic E-state index is -1.31. The van der Waals surface area contributed by atoms with Crippen molar-refractivity contribution in [3.63, 3.8) is 0 Å². The molecule has 6 heteroatoms. The number of ketones is 1. The lowest BCUT2D eigenvalue weighted by Gasteiger charge is -1.96. The fourth-order valence-electron chi connectivity index (χ4n) is 0.510. The van der Waals surface area contributed by atoms with E-state index in [-0.39, 0.29) is 0 Å². The maximum absolute atomic E-state index is 10.7. The van der Waals surface area contributed by atoms with Gasteiger partial charge in [0.25, 0.3) is 0 Å². The summed E-state index contributed by atoms with van der Waals surface area (Å²) in [5.74, 6) is -4.41. The second kappa shape index (κ2) is 5.02. The van der Waals surface area contributed by atoms with Crippen LogP contribution in [0.25, 0.3) is 0 Å². The minimum Gasteiger partial charge on any atom is -0.481 e. The van der Waals surface area contributed by atoms with E-state index in [1.165, 1.54) is 0 Å². The fourth-order valence-corrected chi connectivity index (χ4v) is 0.510. The van der Waals surface area contributed by atoms with E-state index in [4.69, 9.17) is 5.11 Å². The van der Waals surface area contributed by atoms with Gasteiger partial charge in [0.05, 0.1) is 6.42 Å². The molecule has 0 aliphatic rings. The van der Waals surface area contributed by atoms with Crippen molar-refractivity contribution in [1.82, 2.24) is 0 Å². The Morgan fingerprint density at radius 3 is 2.08 bits per heavy atom. The van der Waals surface area contributed by atoms with E-state index in [0.29, 0.717) is 0 Å². The second-order valence-electron chi connectivity index (χ2n) is 2.20. The first-order valence-corrected chi connectivity index (χ1v) is 3.41. The molecule has 1 N–H and O–H groups in total. The van der Waals surface area contributed by atoms with E-state index in [2.05, 4.69) is 4.74 Å². The second-order valence-corrected chi connectivity index (χ2v) is 2.20. The van der Waals surface area contributed by atoms with Crippen molar-refractivity contribution >= 4 is 23.7 Å². The molecule has 0 unspecified atom stereocenters. The number of hydrogen-bond acceptors (Lipinski definition) is 5. The molecule has 0 bridgehead atoms. The zero-order valence-electron chi connectivity index (χ0n) is 6.90. The van der Waals surface area contributed by atoms with E-state index in [1.807, 2.05) is 0 Å². The highest BCUT2D eigenvalue weighted by atomic mass is 16.6. The van der Waals surface area contributed by atoms with Crippen LogP contribution < -0.4 is 0 Å². The highest BCUT2D eigenvalue weighted by molar-refractivity contribution is 6.35. The number of hydrogen-bond donors (Lipinski definition) is 1. The molecule has 0 aromatic rings. The number of aliphatic carboxylic acids is 1. The number of carbonyl (C=O) groups is 4. The topological polar surface area (TPSA) is 97.7 Å². The Morgan fingerprint density at radius 2 is 1.69 bits per heavy atom. The smallest absolute Gasteiger partial charge is 0.382 e. The van der Waals surface area contributed by atoms with Crippen LogP contribution in [0.2, 0.25) is 0 Å². The summed E-state index contributed by atoms with van der Waals surface area (Å²) in [6.07, 6.45) is -0.909. The summed E-state index contributed by atoms with van der Waals surface area (Å²) in [6.45, 7) is 0.975. The first-order valence-electron chi connectivity index (χ1n) is 3.41. The molecular formula is C7H8O6. The normalized spacial score (nSPS) is 9.00. The van der Waals surface area contributed by atoms with Gasteiger partial charge in [-0.3, -0.25) is 14.4 Å². The summed E-state index contributed by atoms with van der Waals surface area (Å²) in [7, 11) is 0. The number of carbonyl (C=O) groups excluding carboxylic acids is 3. The lowest BCUT2D eigenvalue weighted by atomic mass is 10.2. The molecule has 13 heavy (non-hydrogen) atoms. The van der Waals surface area contributed by atoms with Gasteiger partial charge in [-0.2, -0.15) is 0 Å². The van der Waals surface area contributed by atoms with Crippen LogP contribution in [0.15, 0.2) is 0 Å². The molecule has 0 rings (SSSR count). The van der Waals surface area contributed by atoms with Crippen molar-refractivity contribution in [2.75, 3.05) is 0 Å². The third kappa shape index (κ3) is 5.54. The molecule has 0 aromatic carbocycles. The standard InChI is InChI=1S/C7H8O6/c1-4(8)13-7(12)5(9)2-3-6(10)11/h2-3H2,1H3,(H,10,11). The highest BCUT2D eigenvalue weighted by Gasteiger charge is 2.17. The van der Waals surface area contributed by atoms with Gasteiger partial charge in [0.2, 0.25) is 5.78 Å². The summed E-state index contributed by atoms with van der Waals surface area (Å²) >= 11 is 0. The summed E-state index contributed by atoms with van der Waals surface area (Å²) in [5, 5.41) is 8.15. The van der Waals surface area contributed by atoms with Gasteiger partial charge in [-0.1, -0.05) is 0 Å². The van der Waals surface area contributed by atoms with E-state index < -0.39 is 36.5 Å². The number of carboxylic acid groups (broad SMARTS) is 1. The van der Waals surface area contributed by atoms with Crippen molar-refractivity contribution in [2.45, 2.75) is 19.8 Å². The number of esters is 2. The molecule has 0 atom stereocenters. The average Bonchev–Trinajstić information content (AvgIpc) is 1.98. The quantitative estimate of drug-likeness (QED) is 0.363. The van der Waals surface area contributed by atoms with Crippen LogP contribution in [0.1, 0.15) is 19.8 Å². The third-order valence-corrected chi connectivity index (χ3v) is 1.03. The third-order valence-electron chi connectivity index (χ3n) is 1.03. The van der Waals surface area contributed by atoms with Gasteiger partial charge < -0.3 is 9.84 Å². The van der Waals surface area contributed by atoms with Crippen LogP contribution in [-0.2, 0) is 23.9 Å². The molecule has 0 saturated carbocycles. The summed E-state index contributed by atoms with van der Waals surface area (Å²) in [6, 6.07) is 0.